The summed E-state index contributed by atoms with van der Waals surface area (Å²) in [5.41, 5.74) is 2.78. The average molecular weight is 379 g/mol. The molecule has 26 heavy (non-hydrogen) atoms. The first-order chi connectivity index (χ1) is 12.5. The quantitative estimate of drug-likeness (QED) is 0.423. The Morgan fingerprint density at radius 1 is 0.500 bits per heavy atom. The van der Waals surface area contributed by atoms with Gasteiger partial charge in [-0.2, -0.15) is 0 Å². The van der Waals surface area contributed by atoms with Crippen molar-refractivity contribution >= 4 is 23.5 Å². The molecule has 0 N–H and O–H groups in total. The summed E-state index contributed by atoms with van der Waals surface area (Å²) in [6, 6.07) is 26.6. The molecule has 0 aliphatic heterocycles. The number of hydrogen-bond donors (Lipinski definition) is 0. The summed E-state index contributed by atoms with van der Waals surface area (Å²) >= 11 is 3.68. The van der Waals surface area contributed by atoms with E-state index in [-0.39, 0.29) is 0 Å². The van der Waals surface area contributed by atoms with Crippen LogP contribution in [0.1, 0.15) is 50.7 Å². The van der Waals surface area contributed by atoms with Crippen LogP contribution in [-0.4, -0.2) is 0 Å². The van der Waals surface area contributed by atoms with Gasteiger partial charge in [-0.05, 0) is 59.4 Å². The van der Waals surface area contributed by atoms with E-state index in [0.717, 1.165) is 0 Å². The number of benzene rings is 3. The maximum absolute atomic E-state index is 2.24. The lowest BCUT2D eigenvalue weighted by Crippen LogP contribution is -1.87. The fraction of sp³-hybridized carbons (Fsp3) is 0.250. The average Bonchev–Trinajstić information content (AvgIpc) is 2.64. The summed E-state index contributed by atoms with van der Waals surface area (Å²) in [4.78, 5) is 5.20. The molecule has 3 aromatic carbocycles. The summed E-state index contributed by atoms with van der Waals surface area (Å²) in [6.07, 6.45) is 0. The Kier molecular flexibility index (Phi) is 6.50. The lowest BCUT2D eigenvalue weighted by molar-refractivity contribution is 0.864. The molecule has 2 heteroatoms. The second-order valence-electron chi connectivity index (χ2n) is 7.10. The standard InChI is InChI=1S/C24H26S2/c1-17(2)19-9-13-21(14-10-19)25-23-7-5-6-8-24(23)26-22-15-11-20(12-16-22)18(3)4/h5-18H,1-4H3. The fourth-order valence-corrected chi connectivity index (χ4v) is 4.65. The van der Waals surface area contributed by atoms with E-state index in [1.165, 1.54) is 30.7 Å². The molecule has 0 aromatic heterocycles. The molecule has 0 saturated carbocycles. The molecule has 0 bridgehead atoms. The van der Waals surface area contributed by atoms with E-state index in [2.05, 4.69) is 100 Å². The fourth-order valence-electron chi connectivity index (χ4n) is 2.71. The van der Waals surface area contributed by atoms with Crippen LogP contribution in [0.3, 0.4) is 0 Å². The molecule has 3 rings (SSSR count). The van der Waals surface area contributed by atoms with Crippen molar-refractivity contribution in [1.82, 2.24) is 0 Å². The van der Waals surface area contributed by atoms with Crippen molar-refractivity contribution in [3.8, 4) is 0 Å². The number of rotatable bonds is 6. The molecule has 0 fully saturated rings. The van der Waals surface area contributed by atoms with Crippen LogP contribution in [0.4, 0.5) is 0 Å². The molecule has 0 unspecified atom stereocenters. The second kappa shape index (κ2) is 8.83. The lowest BCUT2D eigenvalue weighted by Gasteiger charge is -2.11. The molecule has 0 nitrogen and oxygen atoms in total. The van der Waals surface area contributed by atoms with E-state index >= 15 is 0 Å². The van der Waals surface area contributed by atoms with Crippen molar-refractivity contribution in [2.45, 2.75) is 59.1 Å². The molecule has 0 heterocycles. The first-order valence-electron chi connectivity index (χ1n) is 9.17. The van der Waals surface area contributed by atoms with Crippen LogP contribution in [0, 0.1) is 0 Å². The van der Waals surface area contributed by atoms with Gasteiger partial charge in [-0.1, -0.05) is 87.6 Å². The summed E-state index contributed by atoms with van der Waals surface area (Å²) in [5.74, 6) is 1.15. The van der Waals surface area contributed by atoms with Crippen LogP contribution < -0.4 is 0 Å². The van der Waals surface area contributed by atoms with Gasteiger partial charge in [0.25, 0.3) is 0 Å². The molecule has 0 radical (unpaired) electrons. The molecule has 0 atom stereocenters. The normalized spacial score (nSPS) is 11.3. The third kappa shape index (κ3) is 4.96. The number of hydrogen-bond acceptors (Lipinski definition) is 2. The molecule has 0 amide bonds. The smallest absolute Gasteiger partial charge is 0.0261 e. The first kappa shape index (κ1) is 19.1. The largest absolute Gasteiger partial charge is 0.0889 e. The van der Waals surface area contributed by atoms with Crippen LogP contribution in [-0.2, 0) is 0 Å². The molecule has 134 valence electrons. The Labute approximate surface area is 166 Å². The van der Waals surface area contributed by atoms with Crippen molar-refractivity contribution in [2.75, 3.05) is 0 Å². The summed E-state index contributed by atoms with van der Waals surface area (Å²) in [7, 11) is 0. The zero-order chi connectivity index (χ0) is 18.5. The van der Waals surface area contributed by atoms with Gasteiger partial charge in [-0.3, -0.25) is 0 Å². The van der Waals surface area contributed by atoms with E-state index in [1.807, 2.05) is 23.5 Å². The Morgan fingerprint density at radius 3 is 1.15 bits per heavy atom. The topological polar surface area (TPSA) is 0 Å². The van der Waals surface area contributed by atoms with E-state index in [1.54, 1.807) is 0 Å². The summed E-state index contributed by atoms with van der Waals surface area (Å²) in [5, 5.41) is 0. The monoisotopic (exact) mass is 378 g/mol. The van der Waals surface area contributed by atoms with Crippen LogP contribution in [0.5, 0.6) is 0 Å². The highest BCUT2D eigenvalue weighted by atomic mass is 32.2. The van der Waals surface area contributed by atoms with Gasteiger partial charge in [0.15, 0.2) is 0 Å². The third-order valence-corrected chi connectivity index (χ3v) is 6.70. The highest BCUT2D eigenvalue weighted by Gasteiger charge is 2.07. The van der Waals surface area contributed by atoms with Gasteiger partial charge in [0.05, 0.1) is 0 Å². The van der Waals surface area contributed by atoms with Crippen LogP contribution in [0.15, 0.2) is 92.4 Å². The van der Waals surface area contributed by atoms with Crippen molar-refractivity contribution in [3.05, 3.63) is 83.9 Å². The minimum atomic E-state index is 0.575. The molecular weight excluding hydrogens is 352 g/mol. The van der Waals surface area contributed by atoms with Crippen molar-refractivity contribution in [3.63, 3.8) is 0 Å². The van der Waals surface area contributed by atoms with Crippen molar-refractivity contribution < 1.29 is 0 Å². The van der Waals surface area contributed by atoms with Gasteiger partial charge in [-0.15, -0.1) is 0 Å². The Hall–Kier alpha value is -1.64. The third-order valence-electron chi connectivity index (χ3n) is 4.40. The molecule has 0 aliphatic rings. The zero-order valence-electron chi connectivity index (χ0n) is 15.9. The van der Waals surface area contributed by atoms with Crippen LogP contribution >= 0.6 is 23.5 Å². The summed E-state index contributed by atoms with van der Waals surface area (Å²) < 4.78 is 0. The summed E-state index contributed by atoms with van der Waals surface area (Å²) in [6.45, 7) is 8.94. The molecule has 0 saturated heterocycles. The highest BCUT2D eigenvalue weighted by Crippen LogP contribution is 2.39. The van der Waals surface area contributed by atoms with Gasteiger partial charge in [0.1, 0.15) is 0 Å². The van der Waals surface area contributed by atoms with Crippen molar-refractivity contribution in [2.24, 2.45) is 0 Å². The van der Waals surface area contributed by atoms with Crippen LogP contribution in [0.2, 0.25) is 0 Å². The SMILES string of the molecule is CC(C)c1ccc(Sc2ccccc2Sc2ccc(C(C)C)cc2)cc1. The predicted octanol–water partition coefficient (Wildman–Crippen LogP) is 8.24. The Balaban J connectivity index is 1.77. The van der Waals surface area contributed by atoms with Gasteiger partial charge in [-0.25, -0.2) is 0 Å². The minimum Gasteiger partial charge on any atom is -0.0889 e. The van der Waals surface area contributed by atoms with E-state index in [9.17, 15) is 0 Å². The predicted molar refractivity (Wildman–Crippen MR) is 116 cm³/mol. The van der Waals surface area contributed by atoms with E-state index in [4.69, 9.17) is 0 Å². The van der Waals surface area contributed by atoms with Gasteiger partial charge >= 0.3 is 0 Å². The maximum Gasteiger partial charge on any atom is 0.0261 e. The Morgan fingerprint density at radius 2 is 0.846 bits per heavy atom. The first-order valence-corrected chi connectivity index (χ1v) is 10.8. The van der Waals surface area contributed by atoms with E-state index in [0.29, 0.717) is 11.8 Å². The zero-order valence-corrected chi connectivity index (χ0v) is 17.5. The minimum absolute atomic E-state index is 0.575. The molecule has 0 aliphatic carbocycles. The Bertz CT molecular complexity index is 758. The highest BCUT2D eigenvalue weighted by molar-refractivity contribution is 8.02. The van der Waals surface area contributed by atoms with Gasteiger partial charge in [0.2, 0.25) is 0 Å². The maximum atomic E-state index is 2.24. The molecule has 3 aromatic rings. The second-order valence-corrected chi connectivity index (χ2v) is 9.33. The van der Waals surface area contributed by atoms with Gasteiger partial charge in [0, 0.05) is 19.6 Å². The van der Waals surface area contributed by atoms with Crippen LogP contribution in [0.25, 0.3) is 0 Å². The lowest BCUT2D eigenvalue weighted by atomic mass is 10.0. The van der Waals surface area contributed by atoms with Crippen molar-refractivity contribution in [1.29, 1.82) is 0 Å². The van der Waals surface area contributed by atoms with E-state index < -0.39 is 0 Å². The molecule has 0 spiro atoms. The molecular formula is C24H26S2. The van der Waals surface area contributed by atoms with Gasteiger partial charge < -0.3 is 0 Å².